The van der Waals surface area contributed by atoms with Crippen molar-refractivity contribution in [3.05, 3.63) is 95.1 Å². The molecule has 0 fully saturated rings. The van der Waals surface area contributed by atoms with E-state index in [0.717, 1.165) is 33.3 Å². The Morgan fingerprint density at radius 1 is 0.943 bits per heavy atom. The summed E-state index contributed by atoms with van der Waals surface area (Å²) in [6.07, 6.45) is 0. The summed E-state index contributed by atoms with van der Waals surface area (Å²) in [6.45, 7) is 7.91. The highest BCUT2D eigenvalue weighted by atomic mass is 16.2. The van der Waals surface area contributed by atoms with Crippen LogP contribution in [0.4, 0.5) is 0 Å². The Kier molecular flexibility index (Phi) is 5.51. The van der Waals surface area contributed by atoms with Crippen LogP contribution in [-0.2, 0) is 11.8 Å². The van der Waals surface area contributed by atoms with Crippen molar-refractivity contribution >= 4 is 22.7 Å². The van der Waals surface area contributed by atoms with Gasteiger partial charge in [-0.2, -0.15) is 0 Å². The number of amides is 2. The smallest absolute Gasteiger partial charge is 0.255 e. The maximum atomic E-state index is 13.7. The first-order valence-corrected chi connectivity index (χ1v) is 12.0. The zero-order chi connectivity index (χ0) is 24.9. The summed E-state index contributed by atoms with van der Waals surface area (Å²) in [5.74, 6) is -0.279. The Bertz CT molecular complexity index is 1440. The molecule has 1 unspecified atom stereocenters. The summed E-state index contributed by atoms with van der Waals surface area (Å²) in [5, 5.41) is 4.11. The minimum atomic E-state index is -0.380. The van der Waals surface area contributed by atoms with Crippen molar-refractivity contribution in [2.24, 2.45) is 7.05 Å². The number of fused-ring (bicyclic) bond motifs is 2. The Hall–Kier alpha value is -3.86. The van der Waals surface area contributed by atoms with E-state index in [1.807, 2.05) is 57.2 Å². The molecule has 1 atom stereocenters. The van der Waals surface area contributed by atoms with E-state index in [2.05, 4.69) is 60.3 Å². The van der Waals surface area contributed by atoms with E-state index < -0.39 is 0 Å². The van der Waals surface area contributed by atoms with Gasteiger partial charge in [-0.15, -0.1) is 0 Å². The van der Waals surface area contributed by atoms with Crippen LogP contribution in [0.25, 0.3) is 22.2 Å². The Morgan fingerprint density at radius 2 is 1.60 bits per heavy atom. The molecule has 0 saturated heterocycles. The third kappa shape index (κ3) is 4.01. The second-order valence-corrected chi connectivity index (χ2v) is 10.4. The van der Waals surface area contributed by atoms with Crippen LogP contribution in [-0.4, -0.2) is 33.4 Å². The van der Waals surface area contributed by atoms with Gasteiger partial charge >= 0.3 is 0 Å². The van der Waals surface area contributed by atoms with Crippen molar-refractivity contribution in [2.45, 2.75) is 39.3 Å². The molecule has 35 heavy (non-hydrogen) atoms. The summed E-state index contributed by atoms with van der Waals surface area (Å²) in [6, 6.07) is 24.1. The second-order valence-electron chi connectivity index (χ2n) is 10.4. The van der Waals surface area contributed by atoms with Crippen LogP contribution in [0.5, 0.6) is 0 Å². The molecule has 2 heterocycles. The predicted octanol–water partition coefficient (Wildman–Crippen LogP) is 5.61. The van der Waals surface area contributed by atoms with Crippen LogP contribution in [0.3, 0.4) is 0 Å². The topological polar surface area (TPSA) is 54.3 Å². The molecular formula is C30H31N3O2. The molecule has 3 aromatic carbocycles. The Morgan fingerprint density at radius 3 is 2.31 bits per heavy atom. The van der Waals surface area contributed by atoms with Crippen molar-refractivity contribution < 1.29 is 9.59 Å². The minimum Gasteiger partial charge on any atom is -0.350 e. The van der Waals surface area contributed by atoms with E-state index in [1.165, 1.54) is 5.56 Å². The normalized spacial score (nSPS) is 15.5. The lowest BCUT2D eigenvalue weighted by Gasteiger charge is -2.28. The third-order valence-electron chi connectivity index (χ3n) is 6.63. The predicted molar refractivity (Wildman–Crippen MR) is 140 cm³/mol. The molecule has 0 saturated carbocycles. The van der Waals surface area contributed by atoms with Gasteiger partial charge in [0, 0.05) is 34.6 Å². The summed E-state index contributed by atoms with van der Waals surface area (Å²) in [4.78, 5) is 28.4. The van der Waals surface area contributed by atoms with Gasteiger partial charge in [-0.1, -0.05) is 66.2 Å². The average molecular weight is 466 g/mol. The van der Waals surface area contributed by atoms with E-state index >= 15 is 0 Å². The van der Waals surface area contributed by atoms with Crippen LogP contribution in [0.1, 0.15) is 53.9 Å². The molecule has 0 spiro atoms. The van der Waals surface area contributed by atoms with E-state index in [4.69, 9.17) is 0 Å². The first-order valence-electron chi connectivity index (χ1n) is 12.0. The van der Waals surface area contributed by atoms with Crippen LogP contribution in [0.2, 0.25) is 0 Å². The van der Waals surface area contributed by atoms with Gasteiger partial charge in [0.1, 0.15) is 6.54 Å². The van der Waals surface area contributed by atoms with Crippen molar-refractivity contribution in [3.8, 4) is 11.3 Å². The zero-order valence-electron chi connectivity index (χ0n) is 20.9. The summed E-state index contributed by atoms with van der Waals surface area (Å²) in [7, 11) is 2.07. The van der Waals surface area contributed by atoms with E-state index in [0.29, 0.717) is 5.56 Å². The molecule has 0 bridgehead atoms. The number of benzene rings is 3. The van der Waals surface area contributed by atoms with Crippen LogP contribution < -0.4 is 5.32 Å². The Labute approximate surface area is 206 Å². The van der Waals surface area contributed by atoms with Crippen LogP contribution >= 0.6 is 0 Å². The molecule has 1 aliphatic rings. The fourth-order valence-corrected chi connectivity index (χ4v) is 5.22. The molecule has 5 rings (SSSR count). The van der Waals surface area contributed by atoms with Gasteiger partial charge in [-0.3, -0.25) is 9.59 Å². The van der Waals surface area contributed by atoms with Crippen LogP contribution in [0.15, 0.2) is 72.8 Å². The lowest BCUT2D eigenvalue weighted by Crippen LogP contribution is -2.46. The van der Waals surface area contributed by atoms with Crippen molar-refractivity contribution in [3.63, 3.8) is 0 Å². The first-order chi connectivity index (χ1) is 16.7. The summed E-state index contributed by atoms with van der Waals surface area (Å²) >= 11 is 0. The third-order valence-corrected chi connectivity index (χ3v) is 6.63. The number of rotatable bonds is 4. The maximum Gasteiger partial charge on any atom is 0.255 e. The molecule has 4 aromatic rings. The zero-order valence-corrected chi connectivity index (χ0v) is 20.9. The minimum absolute atomic E-state index is 0.00793. The first kappa shape index (κ1) is 22.9. The highest BCUT2D eigenvalue weighted by Crippen LogP contribution is 2.46. The number of para-hydroxylation sites is 1. The molecule has 5 nitrogen and oxygen atoms in total. The van der Waals surface area contributed by atoms with Crippen molar-refractivity contribution in [2.75, 3.05) is 6.54 Å². The van der Waals surface area contributed by atoms with Gasteiger partial charge < -0.3 is 14.8 Å². The number of nitrogens with zero attached hydrogens (tertiary/aromatic N) is 2. The number of hydrogen-bond acceptors (Lipinski definition) is 2. The number of aromatic nitrogens is 1. The van der Waals surface area contributed by atoms with Crippen molar-refractivity contribution in [1.82, 2.24) is 14.8 Å². The number of hydrogen-bond donors (Lipinski definition) is 1. The number of nitrogens with one attached hydrogen (secondary N) is 1. The SMILES string of the molecule is Cc1ccc(-c2c(C3c4ccccc4C(=O)N3CC(=O)NC(C)(C)C)c3ccccc3n2C)cc1. The van der Waals surface area contributed by atoms with E-state index in [1.54, 1.807) is 4.90 Å². The van der Waals surface area contributed by atoms with Gasteiger partial charge in [-0.25, -0.2) is 0 Å². The van der Waals surface area contributed by atoms with Crippen molar-refractivity contribution in [1.29, 1.82) is 0 Å². The second kappa shape index (κ2) is 8.42. The standard InChI is InChI=1S/C30H31N3O2/c1-19-14-16-20(17-15-19)27-26(23-12-8-9-13-24(23)32(27)5)28-21-10-6-7-11-22(21)29(35)33(28)18-25(34)31-30(2,3)4/h6-17,28H,18H2,1-5H3,(H,31,34). The van der Waals surface area contributed by atoms with Gasteiger partial charge in [0.2, 0.25) is 5.91 Å². The fraction of sp³-hybridized carbons (Fsp3) is 0.267. The Balaban J connectivity index is 1.74. The number of aryl methyl sites for hydroxylation is 2. The van der Waals surface area contributed by atoms with Gasteiger partial charge in [0.15, 0.2) is 0 Å². The monoisotopic (exact) mass is 465 g/mol. The molecule has 178 valence electrons. The van der Waals surface area contributed by atoms with Gasteiger partial charge in [0.05, 0.1) is 11.7 Å². The molecule has 2 amide bonds. The quantitative estimate of drug-likeness (QED) is 0.426. The number of carbonyl (C=O) groups is 2. The van der Waals surface area contributed by atoms with E-state index in [-0.39, 0.29) is 29.9 Å². The molecule has 1 aromatic heterocycles. The molecule has 5 heteroatoms. The molecule has 1 aliphatic heterocycles. The highest BCUT2D eigenvalue weighted by Gasteiger charge is 2.41. The highest BCUT2D eigenvalue weighted by molar-refractivity contribution is 6.03. The largest absolute Gasteiger partial charge is 0.350 e. The molecular weight excluding hydrogens is 434 g/mol. The van der Waals surface area contributed by atoms with Gasteiger partial charge in [0.25, 0.3) is 5.91 Å². The number of carbonyl (C=O) groups excluding carboxylic acids is 2. The molecule has 0 aliphatic carbocycles. The lowest BCUT2D eigenvalue weighted by atomic mass is 9.93. The van der Waals surface area contributed by atoms with Gasteiger partial charge in [-0.05, 0) is 51.0 Å². The molecule has 1 N–H and O–H groups in total. The van der Waals surface area contributed by atoms with E-state index in [9.17, 15) is 9.59 Å². The molecule has 0 radical (unpaired) electrons. The summed E-state index contributed by atoms with van der Waals surface area (Å²) in [5.41, 5.74) is 6.69. The average Bonchev–Trinajstić information content (AvgIpc) is 3.25. The maximum absolute atomic E-state index is 13.7. The summed E-state index contributed by atoms with van der Waals surface area (Å²) < 4.78 is 2.20. The lowest BCUT2D eigenvalue weighted by molar-refractivity contribution is -0.123. The fourth-order valence-electron chi connectivity index (χ4n) is 5.22. The van der Waals surface area contributed by atoms with Crippen LogP contribution in [0, 0.1) is 6.92 Å².